The fraction of sp³-hybridized carbons (Fsp3) is 0.649. The highest BCUT2D eigenvalue weighted by molar-refractivity contribution is 8.77. The minimum Gasteiger partial charge on any atom is -0.427 e. The zero-order chi connectivity index (χ0) is 49.9. The van der Waals surface area contributed by atoms with E-state index >= 15 is 4.79 Å². The summed E-state index contributed by atoms with van der Waals surface area (Å²) >= 11 is 0. The summed E-state index contributed by atoms with van der Waals surface area (Å²) in [5.74, 6) is 0.835. The zero-order valence-corrected chi connectivity index (χ0v) is 43.6. The number of fused-ring (bicyclic) bond motifs is 6. The molecule has 4 fully saturated rings. The molecule has 6 aliphatic carbocycles. The van der Waals surface area contributed by atoms with Crippen LogP contribution in [0.2, 0.25) is 0 Å². The summed E-state index contributed by atoms with van der Waals surface area (Å²) in [5.41, 5.74) is 4.18. The first-order valence-electron chi connectivity index (χ1n) is 27.4. The van der Waals surface area contributed by atoms with E-state index in [1.807, 2.05) is 6.92 Å². The Morgan fingerprint density at radius 2 is 1.74 bits per heavy atom. The molecule has 1 saturated heterocycles. The van der Waals surface area contributed by atoms with Crippen LogP contribution in [0.1, 0.15) is 123 Å². The van der Waals surface area contributed by atoms with Gasteiger partial charge in [-0.15, -0.1) is 0 Å². The Morgan fingerprint density at radius 1 is 0.944 bits per heavy atom. The molecule has 15 heteroatoms. The summed E-state index contributed by atoms with van der Waals surface area (Å²) in [7, 11) is 3.53. The average Bonchev–Trinajstić information content (AvgIpc) is 4.15. The van der Waals surface area contributed by atoms with E-state index in [0.29, 0.717) is 73.3 Å². The number of cyclic esters (lactones) is 1. The molecule has 7 aliphatic heterocycles. The Kier molecular flexibility index (Phi) is 14.5. The second-order valence-corrected chi connectivity index (χ2v) is 25.5. The number of carbonyl (C=O) groups is 4. The van der Waals surface area contributed by atoms with E-state index in [0.717, 1.165) is 112 Å². The third kappa shape index (κ3) is 8.94. The predicted molar refractivity (Wildman–Crippen MR) is 277 cm³/mol. The van der Waals surface area contributed by atoms with Gasteiger partial charge in [0, 0.05) is 73.6 Å². The van der Waals surface area contributed by atoms with E-state index in [9.17, 15) is 29.7 Å². The number of ether oxygens (including phenoxy) is 2. The lowest BCUT2D eigenvalue weighted by Crippen LogP contribution is -2.54. The highest BCUT2D eigenvalue weighted by atomic mass is 33.1. The summed E-state index contributed by atoms with van der Waals surface area (Å²) in [6.45, 7) is 5.31. The fourth-order valence-corrected chi connectivity index (χ4v) is 18.5. The van der Waals surface area contributed by atoms with Crippen molar-refractivity contribution < 1.29 is 44.0 Å². The van der Waals surface area contributed by atoms with E-state index in [2.05, 4.69) is 53.3 Å². The van der Waals surface area contributed by atoms with Crippen molar-refractivity contribution in [2.24, 2.45) is 58.2 Å². The number of nitrogens with zero attached hydrogens (tertiary/aromatic N) is 1. The molecular formula is C57H74N4O9S2. The molecule has 72 heavy (non-hydrogen) atoms. The third-order valence-electron chi connectivity index (χ3n) is 19.1. The Labute approximate surface area is 432 Å². The molecular weight excluding hydrogens is 949 g/mol. The van der Waals surface area contributed by atoms with Gasteiger partial charge < -0.3 is 40.7 Å². The Balaban J connectivity index is 1.07. The molecule has 1 spiro atoms. The Morgan fingerprint density at radius 3 is 2.47 bits per heavy atom. The van der Waals surface area contributed by atoms with Gasteiger partial charge in [-0.1, -0.05) is 72.4 Å². The van der Waals surface area contributed by atoms with Crippen LogP contribution in [0.15, 0.2) is 93.3 Å². The van der Waals surface area contributed by atoms with Crippen LogP contribution >= 0.6 is 21.6 Å². The van der Waals surface area contributed by atoms with Crippen LogP contribution in [0.3, 0.4) is 0 Å². The number of hydrogen-bond donors (Lipinski definition) is 6. The molecule has 13 nitrogen and oxygen atoms in total. The molecule has 0 aromatic heterocycles. The van der Waals surface area contributed by atoms with Crippen LogP contribution in [0.4, 0.5) is 0 Å². The molecule has 2 amide bonds. The minimum atomic E-state index is -0.972. The van der Waals surface area contributed by atoms with Gasteiger partial charge in [-0.3, -0.25) is 14.5 Å². The van der Waals surface area contributed by atoms with Crippen LogP contribution < -0.4 is 16.0 Å². The lowest BCUT2D eigenvalue weighted by molar-refractivity contribution is -0.138. The lowest BCUT2D eigenvalue weighted by atomic mass is 9.43. The van der Waals surface area contributed by atoms with Gasteiger partial charge in [0.1, 0.15) is 22.7 Å². The number of allylic oxidation sites excluding steroid dienone is 6. The van der Waals surface area contributed by atoms with E-state index in [1.165, 1.54) is 17.1 Å². The highest BCUT2D eigenvalue weighted by Crippen LogP contribution is 2.72. The molecule has 0 radical (unpaired) electrons. The number of aliphatic hydroxyl groups is 3. The van der Waals surface area contributed by atoms with Crippen molar-refractivity contribution in [1.82, 2.24) is 20.9 Å². The van der Waals surface area contributed by atoms with E-state index in [1.54, 1.807) is 21.6 Å². The van der Waals surface area contributed by atoms with Crippen molar-refractivity contribution in [3.63, 3.8) is 0 Å². The molecule has 388 valence electrons. The summed E-state index contributed by atoms with van der Waals surface area (Å²) in [4.78, 5) is 58.8. The first-order chi connectivity index (χ1) is 34.9. The van der Waals surface area contributed by atoms with Crippen molar-refractivity contribution in [3.8, 4) is 0 Å². The molecule has 9 bridgehead atoms. The summed E-state index contributed by atoms with van der Waals surface area (Å²) in [6, 6.07) is 0. The van der Waals surface area contributed by atoms with Crippen LogP contribution in [-0.4, -0.2) is 93.7 Å². The quantitative estimate of drug-likeness (QED) is 0.0560. The van der Waals surface area contributed by atoms with Crippen molar-refractivity contribution >= 4 is 45.3 Å². The molecule has 3 saturated carbocycles. The molecule has 0 aromatic carbocycles. The third-order valence-corrected chi connectivity index (χ3v) is 22.0. The number of rotatable bonds is 14. The van der Waals surface area contributed by atoms with Crippen LogP contribution in [-0.2, 0) is 28.7 Å². The first kappa shape index (κ1) is 50.3. The molecule has 7 heterocycles. The number of hydrogen-bond acceptors (Lipinski definition) is 14. The predicted octanol–water partition coefficient (Wildman–Crippen LogP) is 7.91. The molecule has 10 unspecified atom stereocenters. The largest absolute Gasteiger partial charge is 0.427 e. The Bertz CT molecular complexity index is 2460. The topological polar surface area (TPSA) is 187 Å². The van der Waals surface area contributed by atoms with Gasteiger partial charge in [0.05, 0.1) is 22.5 Å². The van der Waals surface area contributed by atoms with E-state index in [4.69, 9.17) is 9.47 Å². The van der Waals surface area contributed by atoms with Crippen molar-refractivity contribution in [1.29, 1.82) is 0 Å². The first-order valence-corrected chi connectivity index (χ1v) is 29.7. The van der Waals surface area contributed by atoms with Gasteiger partial charge in [-0.05, 0) is 155 Å². The maximum absolute atomic E-state index is 15.4. The number of nitrogens with one attached hydrogen (secondary N) is 3. The van der Waals surface area contributed by atoms with Gasteiger partial charge in [0.15, 0.2) is 0 Å². The number of aliphatic hydroxyl groups excluding tert-OH is 3. The molecule has 13 aliphatic rings. The SMILES string of the molecule is CCC1(C=C2OC(=O)C3=C2CCC2C4CCC5(C6=CCC(C7CCC(CC(CO)CCCO)CC7)C(NCC(C)O)SSC7C=CC8=C(NCC=C8C(CN8C(=O)C=CC8=O)C4=C5C(=O)O6)N7)C32)CCCC1. The van der Waals surface area contributed by atoms with Gasteiger partial charge >= 0.3 is 11.9 Å². The summed E-state index contributed by atoms with van der Waals surface area (Å²) in [5, 5.41) is 41.6. The van der Waals surface area contributed by atoms with Gasteiger partial charge in [-0.25, -0.2) is 9.59 Å². The number of dihydropyridines is 2. The lowest BCUT2D eigenvalue weighted by Gasteiger charge is -2.57. The summed E-state index contributed by atoms with van der Waals surface area (Å²) in [6.07, 6.45) is 28.6. The fourth-order valence-electron chi connectivity index (χ4n) is 15.6. The normalized spacial score (nSPS) is 36.1. The number of amides is 2. The zero-order valence-electron chi connectivity index (χ0n) is 42.0. The number of esters is 2. The monoisotopic (exact) mass is 1020 g/mol. The second kappa shape index (κ2) is 20.7. The Hall–Kier alpha value is -3.86. The van der Waals surface area contributed by atoms with Crippen LogP contribution in [0, 0.1) is 58.2 Å². The van der Waals surface area contributed by atoms with Gasteiger partial charge in [-0.2, -0.15) is 0 Å². The highest BCUT2D eigenvalue weighted by Gasteiger charge is 2.69. The van der Waals surface area contributed by atoms with Crippen molar-refractivity contribution in [3.05, 3.63) is 93.3 Å². The van der Waals surface area contributed by atoms with Crippen molar-refractivity contribution in [2.75, 3.05) is 32.8 Å². The standard InChI is InChI=1S/C57H74N4O9S2/c1-3-56(22-4-5-23-56)28-43-41-13-12-39-38-20-24-57(50(39)49(41)54(67)69-43)44-16-14-36(35-10-8-33(9-11-35)27-34(31-63)7-6-26-62)53(59-29-32(2)64)72-71-45-17-15-40-37(21-25-58-52(40)60-45)42(48(38)51(57)55(68)70-44)30-61-46(65)18-19-47(61)66/h15-19,21,28,32-36,38-39,42,45,50,53,58-60,62-64H,3-14,20,22-27,29-31H2,1-2H3. The van der Waals surface area contributed by atoms with E-state index in [-0.39, 0.29) is 83.3 Å². The smallest absolute Gasteiger partial charge is 0.340 e. The molecule has 6 N–H and O–H groups in total. The molecule has 0 aromatic rings. The van der Waals surface area contributed by atoms with Gasteiger partial charge in [0.2, 0.25) is 0 Å². The summed E-state index contributed by atoms with van der Waals surface area (Å²) < 4.78 is 13.3. The molecule has 10 atom stereocenters. The number of carbonyl (C=O) groups excluding carboxylic acids is 4. The molecule has 13 rings (SSSR count). The van der Waals surface area contributed by atoms with Crippen LogP contribution in [0.5, 0.6) is 0 Å². The maximum atomic E-state index is 15.4. The minimum absolute atomic E-state index is 0.00849. The van der Waals surface area contributed by atoms with Crippen LogP contribution in [0.25, 0.3) is 0 Å². The van der Waals surface area contributed by atoms with Crippen molar-refractivity contribution in [2.45, 2.75) is 140 Å². The maximum Gasteiger partial charge on any atom is 0.340 e. The number of imide groups is 1. The second-order valence-electron chi connectivity index (χ2n) is 22.9. The van der Waals surface area contributed by atoms with E-state index < -0.39 is 23.4 Å². The average molecular weight is 1020 g/mol. The van der Waals surface area contributed by atoms with Gasteiger partial charge in [0.25, 0.3) is 11.8 Å².